The minimum atomic E-state index is -4.11. The first-order valence-corrected chi connectivity index (χ1v) is 20.5. The number of carbonyl (C=O) groups excluding carboxylic acids is 3. The van der Waals surface area contributed by atoms with E-state index in [1.807, 2.05) is 67.6 Å². The Labute approximate surface area is 310 Å². The molecule has 52 heavy (non-hydrogen) atoms. The highest BCUT2D eigenvalue weighted by Crippen LogP contribution is 2.19. The van der Waals surface area contributed by atoms with Gasteiger partial charge in [0.05, 0.1) is 24.7 Å². The molecule has 2 aromatic rings. The van der Waals surface area contributed by atoms with Gasteiger partial charge in [-0.3, -0.25) is 18.0 Å². The lowest BCUT2D eigenvalue weighted by atomic mass is 9.94. The third kappa shape index (κ3) is 18.8. The number of carbonyl (C=O) groups is 3. The second-order valence-electron chi connectivity index (χ2n) is 15.6. The Morgan fingerprint density at radius 2 is 1.08 bits per heavy atom. The summed E-state index contributed by atoms with van der Waals surface area (Å²) in [5.74, 6) is -2.02. The molecule has 0 bridgehead atoms. The second kappa shape index (κ2) is 19.5. The third-order valence-corrected chi connectivity index (χ3v) is 10.2. The fourth-order valence-electron chi connectivity index (χ4n) is 4.65. The molecule has 2 aromatic carbocycles. The van der Waals surface area contributed by atoms with Gasteiger partial charge in [-0.15, -0.1) is 0 Å². The molecule has 0 spiro atoms. The van der Waals surface area contributed by atoms with Crippen LogP contribution in [0.1, 0.15) is 72.9 Å². The van der Waals surface area contributed by atoms with Crippen LogP contribution in [0.15, 0.2) is 60.7 Å². The van der Waals surface area contributed by atoms with E-state index in [2.05, 4.69) is 16.0 Å². The van der Waals surface area contributed by atoms with E-state index in [1.165, 1.54) is 0 Å². The van der Waals surface area contributed by atoms with Gasteiger partial charge in [-0.1, -0.05) is 95.3 Å². The number of benzene rings is 2. The number of amides is 3. The van der Waals surface area contributed by atoms with Gasteiger partial charge in [0.25, 0.3) is 20.2 Å². The highest BCUT2D eigenvalue weighted by atomic mass is 32.2. The molecule has 13 nitrogen and oxygen atoms in total. The molecule has 0 unspecified atom stereocenters. The van der Waals surface area contributed by atoms with Gasteiger partial charge in [0.15, 0.2) is 0 Å². The Balaban J connectivity index is 1.80. The van der Waals surface area contributed by atoms with E-state index in [0.717, 1.165) is 11.1 Å². The first kappa shape index (κ1) is 44.6. The van der Waals surface area contributed by atoms with Crippen molar-refractivity contribution >= 4 is 38.1 Å². The van der Waals surface area contributed by atoms with E-state index in [1.54, 1.807) is 48.5 Å². The molecule has 2 rings (SSSR count). The second-order valence-corrected chi connectivity index (χ2v) is 19.2. The summed E-state index contributed by atoms with van der Waals surface area (Å²) >= 11 is 0. The molecule has 0 aliphatic heterocycles. The summed E-state index contributed by atoms with van der Waals surface area (Å²) in [5.41, 5.74) is -0.464. The fraction of sp³-hybridized carbons (Fsp3) is 0.595. The molecular formula is C37H57N3O10S2. The monoisotopic (exact) mass is 767 g/mol. The van der Waals surface area contributed by atoms with Crippen molar-refractivity contribution in [3.8, 4) is 0 Å². The van der Waals surface area contributed by atoms with Gasteiger partial charge in [0.1, 0.15) is 11.6 Å². The average Bonchev–Trinajstić information content (AvgIpc) is 3.04. The molecule has 0 aromatic heterocycles. The fourth-order valence-corrected chi connectivity index (χ4v) is 7.06. The van der Waals surface area contributed by atoms with Crippen LogP contribution in [-0.4, -0.2) is 84.2 Å². The zero-order valence-electron chi connectivity index (χ0n) is 31.7. The van der Waals surface area contributed by atoms with E-state index < -0.39 is 66.2 Å². The number of rotatable bonds is 21. The van der Waals surface area contributed by atoms with Crippen molar-refractivity contribution in [3.05, 3.63) is 71.8 Å². The van der Waals surface area contributed by atoms with Crippen LogP contribution in [0.25, 0.3) is 0 Å². The number of ether oxygens (including phenoxy) is 1. The largest absolute Gasteiger partial charge is 0.444 e. The smallest absolute Gasteiger partial charge is 0.408 e. The molecule has 0 saturated heterocycles. The van der Waals surface area contributed by atoms with Crippen LogP contribution < -0.4 is 16.0 Å². The van der Waals surface area contributed by atoms with Crippen molar-refractivity contribution in [1.29, 1.82) is 0 Å². The Hall–Kier alpha value is -3.53. The van der Waals surface area contributed by atoms with E-state index in [0.29, 0.717) is 6.42 Å². The summed E-state index contributed by atoms with van der Waals surface area (Å²) < 4.78 is 66.1. The van der Waals surface area contributed by atoms with E-state index >= 15 is 0 Å². The number of hydrogen-bond acceptors (Lipinski definition) is 10. The minimum absolute atomic E-state index is 0.0209. The number of alkyl carbamates (subject to hydrolysis) is 1. The summed E-state index contributed by atoms with van der Waals surface area (Å²) in [6.45, 7) is 13.6. The quantitative estimate of drug-likeness (QED) is 0.154. The van der Waals surface area contributed by atoms with E-state index in [-0.39, 0.29) is 51.0 Å². The SMILES string of the molecule is C[C@@H](Cc1ccccc1)C(=O)NCC(C)(C)COS(=O)(=O)CCCS(=O)(=O)OCC(C)(C)CNC(=O)[C@H](Cc1ccccc1)NC(=O)OC(C)(C)C. The molecule has 3 N–H and O–H groups in total. The zero-order valence-corrected chi connectivity index (χ0v) is 33.3. The van der Waals surface area contributed by atoms with Gasteiger partial charge in [-0.25, -0.2) is 4.79 Å². The molecule has 0 aliphatic carbocycles. The molecule has 15 heteroatoms. The van der Waals surface area contributed by atoms with Crippen LogP contribution in [0.4, 0.5) is 4.79 Å². The summed E-state index contributed by atoms with van der Waals surface area (Å²) in [7, 11) is -8.18. The predicted octanol–water partition coefficient (Wildman–Crippen LogP) is 4.37. The van der Waals surface area contributed by atoms with Crippen molar-refractivity contribution in [2.45, 2.75) is 86.3 Å². The summed E-state index contributed by atoms with van der Waals surface area (Å²) in [6.07, 6.45) is -0.231. The predicted molar refractivity (Wildman–Crippen MR) is 200 cm³/mol. The van der Waals surface area contributed by atoms with Crippen LogP contribution in [-0.2, 0) is 55.8 Å². The topological polar surface area (TPSA) is 183 Å². The number of hydrogen-bond donors (Lipinski definition) is 3. The maximum atomic E-state index is 13.2. The number of nitrogens with one attached hydrogen (secondary N) is 3. The standard InChI is InChI=1S/C37H57N3O10S2/c1-28(22-29-16-11-9-12-17-29)32(41)38-24-36(5,6)26-48-51(44,45)20-15-21-52(46,47)49-27-37(7,8)25-39-33(42)31(23-30-18-13-10-14-19-30)40-34(43)50-35(2,3)4/h9-14,16-19,28,31H,15,20-27H2,1-8H3,(H,38,41)(H,39,42)(H,40,43)/t28-,31-/m0/s1. The lowest BCUT2D eigenvalue weighted by molar-refractivity contribution is -0.125. The lowest BCUT2D eigenvalue weighted by Gasteiger charge is -2.27. The van der Waals surface area contributed by atoms with Crippen molar-refractivity contribution in [3.63, 3.8) is 0 Å². The van der Waals surface area contributed by atoms with E-state index in [4.69, 9.17) is 13.1 Å². The molecule has 0 radical (unpaired) electrons. The highest BCUT2D eigenvalue weighted by Gasteiger charge is 2.29. The molecule has 2 atom stereocenters. The van der Waals surface area contributed by atoms with Gasteiger partial charge in [0.2, 0.25) is 11.8 Å². The molecule has 0 fully saturated rings. The van der Waals surface area contributed by atoms with Gasteiger partial charge in [-0.05, 0) is 44.7 Å². The van der Waals surface area contributed by atoms with Gasteiger partial charge >= 0.3 is 6.09 Å². The minimum Gasteiger partial charge on any atom is -0.444 e. The molecule has 0 aliphatic rings. The average molecular weight is 768 g/mol. The summed E-state index contributed by atoms with van der Waals surface area (Å²) in [5, 5.41) is 8.24. The maximum Gasteiger partial charge on any atom is 0.408 e. The Bertz CT molecular complexity index is 1660. The molecule has 0 saturated carbocycles. The Morgan fingerprint density at radius 1 is 0.654 bits per heavy atom. The highest BCUT2D eigenvalue weighted by molar-refractivity contribution is 7.87. The summed E-state index contributed by atoms with van der Waals surface area (Å²) in [6, 6.07) is 17.8. The first-order chi connectivity index (χ1) is 24.0. The van der Waals surface area contributed by atoms with Crippen LogP contribution in [0.5, 0.6) is 0 Å². The molecule has 292 valence electrons. The first-order valence-electron chi connectivity index (χ1n) is 17.3. The Morgan fingerprint density at radius 3 is 1.52 bits per heavy atom. The van der Waals surface area contributed by atoms with Gasteiger partial charge < -0.3 is 20.7 Å². The lowest BCUT2D eigenvalue weighted by Crippen LogP contribution is -2.51. The van der Waals surface area contributed by atoms with Crippen LogP contribution in [0, 0.1) is 16.7 Å². The molecular weight excluding hydrogens is 711 g/mol. The van der Waals surface area contributed by atoms with E-state index in [9.17, 15) is 31.2 Å². The van der Waals surface area contributed by atoms with Crippen molar-refractivity contribution < 1.29 is 44.3 Å². The third-order valence-electron chi connectivity index (χ3n) is 7.65. The van der Waals surface area contributed by atoms with Gasteiger partial charge in [-0.2, -0.15) is 16.8 Å². The summed E-state index contributed by atoms with van der Waals surface area (Å²) in [4.78, 5) is 38.2. The zero-order chi connectivity index (χ0) is 39.2. The van der Waals surface area contributed by atoms with Crippen LogP contribution in [0.2, 0.25) is 0 Å². The van der Waals surface area contributed by atoms with Crippen molar-refractivity contribution in [1.82, 2.24) is 16.0 Å². The van der Waals surface area contributed by atoms with Crippen LogP contribution in [0.3, 0.4) is 0 Å². The maximum absolute atomic E-state index is 13.2. The molecule has 0 heterocycles. The van der Waals surface area contributed by atoms with Crippen molar-refractivity contribution in [2.75, 3.05) is 37.8 Å². The Kier molecular flexibility index (Phi) is 16.8. The molecule has 3 amide bonds. The van der Waals surface area contributed by atoms with Gasteiger partial charge in [0, 0.05) is 36.3 Å². The normalized spacial score (nSPS) is 13.8. The van der Waals surface area contributed by atoms with Crippen molar-refractivity contribution in [2.24, 2.45) is 16.7 Å². The van der Waals surface area contributed by atoms with Crippen LogP contribution >= 0.6 is 0 Å².